The number of nitrogens with zero attached hydrogens (tertiary/aromatic N) is 1. The summed E-state index contributed by atoms with van der Waals surface area (Å²) in [5.74, 6) is 1.70. The lowest BCUT2D eigenvalue weighted by Crippen LogP contribution is -2.51. The number of likely N-dealkylation sites (tertiary alicyclic amines) is 1. The molecule has 1 N–H and O–H groups in total. The Bertz CT molecular complexity index is 254. The monoisotopic (exact) mass is 240 g/mol. The normalized spacial score (nSPS) is 26.5. The van der Waals surface area contributed by atoms with Gasteiger partial charge in [-0.3, -0.25) is 4.79 Å². The van der Waals surface area contributed by atoms with E-state index in [4.69, 9.17) is 0 Å². The van der Waals surface area contributed by atoms with Gasteiger partial charge in [0.05, 0.1) is 7.11 Å². The molecule has 17 heavy (non-hydrogen) atoms. The molecule has 1 unspecified atom stereocenters. The number of esters is 1. The third kappa shape index (κ3) is 3.68. The first-order valence-electron chi connectivity index (χ1n) is 6.79. The molecule has 0 radical (unpaired) electrons. The topological polar surface area (TPSA) is 41.6 Å². The molecule has 0 saturated carbocycles. The van der Waals surface area contributed by atoms with Crippen LogP contribution in [0.3, 0.4) is 0 Å². The van der Waals surface area contributed by atoms with Crippen LogP contribution in [0.2, 0.25) is 0 Å². The molecule has 0 aromatic carbocycles. The minimum atomic E-state index is -0.0817. The van der Waals surface area contributed by atoms with Gasteiger partial charge in [0.2, 0.25) is 0 Å². The smallest absolute Gasteiger partial charge is 0.305 e. The van der Waals surface area contributed by atoms with Gasteiger partial charge in [-0.2, -0.15) is 0 Å². The lowest BCUT2D eigenvalue weighted by molar-refractivity contribution is -0.140. The van der Waals surface area contributed by atoms with Crippen molar-refractivity contribution < 1.29 is 9.53 Å². The highest BCUT2D eigenvalue weighted by Gasteiger charge is 2.30. The van der Waals surface area contributed by atoms with Crippen LogP contribution < -0.4 is 5.32 Å². The minimum Gasteiger partial charge on any atom is -0.469 e. The molecule has 4 nitrogen and oxygen atoms in total. The van der Waals surface area contributed by atoms with Crippen LogP contribution in [0.1, 0.15) is 25.7 Å². The van der Waals surface area contributed by atoms with E-state index in [2.05, 4.69) is 15.0 Å². The molecule has 2 aliphatic rings. The molecule has 0 aliphatic carbocycles. The van der Waals surface area contributed by atoms with Crippen molar-refractivity contribution in [1.29, 1.82) is 0 Å². The summed E-state index contributed by atoms with van der Waals surface area (Å²) >= 11 is 0. The van der Waals surface area contributed by atoms with Gasteiger partial charge >= 0.3 is 5.97 Å². The number of rotatable bonds is 5. The number of hydrogen-bond acceptors (Lipinski definition) is 4. The third-order valence-corrected chi connectivity index (χ3v) is 4.10. The highest BCUT2D eigenvalue weighted by molar-refractivity contribution is 5.69. The number of piperidine rings is 1. The molecule has 0 amide bonds. The summed E-state index contributed by atoms with van der Waals surface area (Å²) in [5, 5.41) is 3.36. The summed E-state index contributed by atoms with van der Waals surface area (Å²) in [7, 11) is 1.46. The van der Waals surface area contributed by atoms with Crippen molar-refractivity contribution >= 4 is 5.97 Å². The first-order chi connectivity index (χ1) is 8.29. The fourth-order valence-corrected chi connectivity index (χ4v) is 2.87. The Hall–Kier alpha value is -0.610. The molecule has 0 bridgehead atoms. The Morgan fingerprint density at radius 3 is 2.88 bits per heavy atom. The number of carbonyl (C=O) groups is 1. The van der Waals surface area contributed by atoms with Gasteiger partial charge in [0.25, 0.3) is 0 Å². The lowest BCUT2D eigenvalue weighted by atomic mass is 9.82. The second kappa shape index (κ2) is 6.36. The Balaban J connectivity index is 1.64. The summed E-state index contributed by atoms with van der Waals surface area (Å²) in [4.78, 5) is 13.6. The quantitative estimate of drug-likeness (QED) is 0.724. The molecule has 98 valence electrons. The zero-order valence-corrected chi connectivity index (χ0v) is 10.8. The molecule has 0 spiro atoms. The van der Waals surface area contributed by atoms with Crippen LogP contribution in [0.4, 0.5) is 0 Å². The molecule has 1 atom stereocenters. The van der Waals surface area contributed by atoms with Gasteiger partial charge < -0.3 is 15.0 Å². The summed E-state index contributed by atoms with van der Waals surface area (Å²) in [6.45, 7) is 5.90. The maximum absolute atomic E-state index is 11.0. The van der Waals surface area contributed by atoms with Gasteiger partial charge in [0.15, 0.2) is 0 Å². The average Bonchev–Trinajstić information content (AvgIpc) is 2.27. The zero-order chi connectivity index (χ0) is 12.1. The van der Waals surface area contributed by atoms with Crippen LogP contribution >= 0.6 is 0 Å². The van der Waals surface area contributed by atoms with E-state index >= 15 is 0 Å². The molecule has 2 fully saturated rings. The van der Waals surface area contributed by atoms with Crippen LogP contribution in [0.15, 0.2) is 0 Å². The van der Waals surface area contributed by atoms with Crippen LogP contribution in [-0.2, 0) is 9.53 Å². The van der Waals surface area contributed by atoms with E-state index in [9.17, 15) is 4.79 Å². The number of ether oxygens (including phenoxy) is 1. The Morgan fingerprint density at radius 2 is 2.24 bits per heavy atom. The predicted molar refractivity (Wildman–Crippen MR) is 66.8 cm³/mol. The standard InChI is InChI=1S/C13H24N2O2/c1-17-13(16)5-3-7-15-6-2-4-11(10-15)12-8-14-9-12/h11-12,14H,2-10H2,1H3. The molecular weight excluding hydrogens is 216 g/mol. The van der Waals surface area contributed by atoms with Gasteiger partial charge in [-0.05, 0) is 57.3 Å². The van der Waals surface area contributed by atoms with E-state index in [-0.39, 0.29) is 5.97 Å². The summed E-state index contributed by atoms with van der Waals surface area (Å²) in [6, 6.07) is 0. The van der Waals surface area contributed by atoms with E-state index in [0.717, 1.165) is 24.8 Å². The fraction of sp³-hybridized carbons (Fsp3) is 0.923. The number of hydrogen-bond donors (Lipinski definition) is 1. The van der Waals surface area contributed by atoms with Gasteiger partial charge in [0.1, 0.15) is 0 Å². The Labute approximate surface area is 104 Å². The van der Waals surface area contributed by atoms with Crippen LogP contribution in [0.25, 0.3) is 0 Å². The zero-order valence-electron chi connectivity index (χ0n) is 10.8. The highest BCUT2D eigenvalue weighted by Crippen LogP contribution is 2.26. The van der Waals surface area contributed by atoms with Crippen molar-refractivity contribution in [3.63, 3.8) is 0 Å². The minimum absolute atomic E-state index is 0.0817. The number of carbonyl (C=O) groups excluding carboxylic acids is 1. The van der Waals surface area contributed by atoms with Crippen LogP contribution in [0.5, 0.6) is 0 Å². The largest absolute Gasteiger partial charge is 0.469 e. The van der Waals surface area contributed by atoms with Crippen LogP contribution in [-0.4, -0.2) is 50.7 Å². The van der Waals surface area contributed by atoms with E-state index in [1.54, 1.807) is 0 Å². The van der Waals surface area contributed by atoms with Gasteiger partial charge in [0, 0.05) is 13.0 Å². The molecule has 0 aromatic heterocycles. The maximum atomic E-state index is 11.0. The summed E-state index contributed by atoms with van der Waals surface area (Å²) < 4.78 is 4.66. The van der Waals surface area contributed by atoms with Crippen molar-refractivity contribution in [2.24, 2.45) is 11.8 Å². The SMILES string of the molecule is COC(=O)CCCN1CCCC(C2CNC2)C1. The molecule has 2 rings (SSSR count). The first-order valence-corrected chi connectivity index (χ1v) is 6.79. The highest BCUT2D eigenvalue weighted by atomic mass is 16.5. The number of methoxy groups -OCH3 is 1. The molecular formula is C13H24N2O2. The van der Waals surface area contributed by atoms with Crippen molar-refractivity contribution in [3.8, 4) is 0 Å². The molecule has 2 aliphatic heterocycles. The van der Waals surface area contributed by atoms with Crippen molar-refractivity contribution in [1.82, 2.24) is 10.2 Å². The second-order valence-corrected chi connectivity index (χ2v) is 5.30. The number of nitrogens with one attached hydrogen (secondary N) is 1. The predicted octanol–water partition coefficient (Wildman–Crippen LogP) is 0.871. The lowest BCUT2D eigenvalue weighted by Gasteiger charge is -2.41. The molecule has 2 heterocycles. The van der Waals surface area contributed by atoms with E-state index in [1.807, 2.05) is 0 Å². The fourth-order valence-electron chi connectivity index (χ4n) is 2.87. The van der Waals surface area contributed by atoms with Crippen molar-refractivity contribution in [3.05, 3.63) is 0 Å². The van der Waals surface area contributed by atoms with E-state index in [1.165, 1.54) is 46.1 Å². The third-order valence-electron chi connectivity index (χ3n) is 4.10. The van der Waals surface area contributed by atoms with Gasteiger partial charge in [-0.1, -0.05) is 0 Å². The average molecular weight is 240 g/mol. The van der Waals surface area contributed by atoms with Gasteiger partial charge in [-0.25, -0.2) is 0 Å². The maximum Gasteiger partial charge on any atom is 0.305 e. The summed E-state index contributed by atoms with van der Waals surface area (Å²) in [5.41, 5.74) is 0. The van der Waals surface area contributed by atoms with E-state index in [0.29, 0.717) is 6.42 Å². The molecule has 2 saturated heterocycles. The first kappa shape index (κ1) is 12.8. The van der Waals surface area contributed by atoms with E-state index < -0.39 is 0 Å². The van der Waals surface area contributed by atoms with Gasteiger partial charge in [-0.15, -0.1) is 0 Å². The Morgan fingerprint density at radius 1 is 1.41 bits per heavy atom. The second-order valence-electron chi connectivity index (χ2n) is 5.30. The molecule has 4 heteroatoms. The van der Waals surface area contributed by atoms with Crippen molar-refractivity contribution in [2.45, 2.75) is 25.7 Å². The summed E-state index contributed by atoms with van der Waals surface area (Å²) in [6.07, 6.45) is 4.20. The van der Waals surface area contributed by atoms with Crippen LogP contribution in [0, 0.1) is 11.8 Å². The van der Waals surface area contributed by atoms with Crippen molar-refractivity contribution in [2.75, 3.05) is 39.8 Å². The molecule has 0 aromatic rings. The Kier molecular flexibility index (Phi) is 4.80.